The molecule has 0 spiro atoms. The van der Waals surface area contributed by atoms with Gasteiger partial charge in [-0.3, -0.25) is 4.90 Å². The van der Waals surface area contributed by atoms with Crippen molar-refractivity contribution in [3.8, 4) is 0 Å². The summed E-state index contributed by atoms with van der Waals surface area (Å²) in [6.45, 7) is 4.26. The first kappa shape index (κ1) is 13.4. The molecule has 2 atom stereocenters. The number of fused-ring (bicyclic) bond motifs is 1. The molecule has 0 bridgehead atoms. The summed E-state index contributed by atoms with van der Waals surface area (Å²) in [7, 11) is 1.39. The Morgan fingerprint density at radius 2 is 2.25 bits per heavy atom. The second-order valence-corrected chi connectivity index (χ2v) is 5.61. The summed E-state index contributed by atoms with van der Waals surface area (Å²) in [5.41, 5.74) is 1.25. The zero-order valence-electron chi connectivity index (χ0n) is 12.1. The van der Waals surface area contributed by atoms with Gasteiger partial charge in [0.05, 0.1) is 18.4 Å². The number of pyridine rings is 1. The minimum atomic E-state index is -0.329. The number of ether oxygens (including phenoxy) is 1. The highest BCUT2D eigenvalue weighted by Crippen LogP contribution is 2.29. The lowest BCUT2D eigenvalue weighted by molar-refractivity contribution is 0.0599. The smallest absolute Gasteiger partial charge is 0.339 e. The fourth-order valence-electron chi connectivity index (χ4n) is 3.41. The van der Waals surface area contributed by atoms with Crippen molar-refractivity contribution in [2.45, 2.75) is 38.3 Å². The number of nitrogens with one attached hydrogen (secondary N) is 1. The maximum atomic E-state index is 11.6. The van der Waals surface area contributed by atoms with Crippen molar-refractivity contribution in [3.63, 3.8) is 0 Å². The molecule has 2 saturated heterocycles. The number of anilines is 1. The average molecular weight is 275 g/mol. The maximum Gasteiger partial charge on any atom is 0.339 e. The minimum Gasteiger partial charge on any atom is -0.465 e. The van der Waals surface area contributed by atoms with E-state index in [-0.39, 0.29) is 5.97 Å². The predicted molar refractivity (Wildman–Crippen MR) is 76.9 cm³/mol. The normalized spacial score (nSPS) is 25.5. The van der Waals surface area contributed by atoms with Crippen LogP contribution in [-0.2, 0) is 4.74 Å². The quantitative estimate of drug-likeness (QED) is 0.853. The first-order chi connectivity index (χ1) is 9.69. The van der Waals surface area contributed by atoms with Gasteiger partial charge >= 0.3 is 5.97 Å². The molecule has 2 aliphatic rings. The zero-order chi connectivity index (χ0) is 14.1. The van der Waals surface area contributed by atoms with E-state index in [9.17, 15) is 4.79 Å². The van der Waals surface area contributed by atoms with Gasteiger partial charge in [-0.15, -0.1) is 0 Å². The molecular formula is C15H21N3O2. The van der Waals surface area contributed by atoms with Crippen molar-refractivity contribution in [2.24, 2.45) is 0 Å². The molecule has 2 fully saturated rings. The van der Waals surface area contributed by atoms with E-state index in [0.29, 0.717) is 23.3 Å². The molecule has 3 rings (SSSR count). The number of nitrogens with zero attached hydrogens (tertiary/aromatic N) is 2. The van der Waals surface area contributed by atoms with Crippen LogP contribution in [0.5, 0.6) is 0 Å². The molecule has 1 N–H and O–H groups in total. The fraction of sp³-hybridized carbons (Fsp3) is 0.600. The van der Waals surface area contributed by atoms with Gasteiger partial charge in [-0.25, -0.2) is 9.78 Å². The van der Waals surface area contributed by atoms with E-state index in [1.807, 2.05) is 13.0 Å². The van der Waals surface area contributed by atoms with E-state index < -0.39 is 0 Å². The van der Waals surface area contributed by atoms with Gasteiger partial charge in [0.1, 0.15) is 5.82 Å². The van der Waals surface area contributed by atoms with Crippen molar-refractivity contribution in [1.82, 2.24) is 9.88 Å². The molecule has 1 aromatic heterocycles. The third-order valence-corrected chi connectivity index (χ3v) is 4.43. The van der Waals surface area contributed by atoms with Crippen LogP contribution in [0.15, 0.2) is 12.1 Å². The molecule has 2 unspecified atom stereocenters. The standard InChI is InChI=1S/C15H21N3O2/c1-10-11(15(19)20-2)5-6-14(16-10)17-12-7-9-18-8-3-4-13(12)18/h5-6,12-13H,3-4,7-9H2,1-2H3,(H,16,17). The average Bonchev–Trinajstić information content (AvgIpc) is 3.03. The van der Waals surface area contributed by atoms with Crippen LogP contribution < -0.4 is 5.32 Å². The van der Waals surface area contributed by atoms with E-state index in [0.717, 1.165) is 5.82 Å². The van der Waals surface area contributed by atoms with Crippen LogP contribution in [0.25, 0.3) is 0 Å². The van der Waals surface area contributed by atoms with Crippen molar-refractivity contribution in [2.75, 3.05) is 25.5 Å². The Labute approximate surface area is 119 Å². The lowest BCUT2D eigenvalue weighted by atomic mass is 10.1. The number of carbonyl (C=O) groups excluding carboxylic acids is 1. The number of hydrogen-bond donors (Lipinski definition) is 1. The van der Waals surface area contributed by atoms with Gasteiger partial charge in [0.25, 0.3) is 0 Å². The van der Waals surface area contributed by atoms with Crippen LogP contribution in [0, 0.1) is 6.92 Å². The van der Waals surface area contributed by atoms with Crippen LogP contribution in [0.4, 0.5) is 5.82 Å². The van der Waals surface area contributed by atoms with E-state index in [1.165, 1.54) is 39.5 Å². The predicted octanol–water partition coefficient (Wildman–Crippen LogP) is 1.83. The first-order valence-corrected chi connectivity index (χ1v) is 7.25. The monoisotopic (exact) mass is 275 g/mol. The summed E-state index contributed by atoms with van der Waals surface area (Å²) in [6.07, 6.45) is 3.75. The molecule has 20 heavy (non-hydrogen) atoms. The van der Waals surface area contributed by atoms with Gasteiger partial charge in [0, 0.05) is 18.6 Å². The van der Waals surface area contributed by atoms with Crippen molar-refractivity contribution >= 4 is 11.8 Å². The molecule has 0 saturated carbocycles. The lowest BCUT2D eigenvalue weighted by Gasteiger charge is -2.22. The summed E-state index contributed by atoms with van der Waals surface area (Å²) < 4.78 is 4.74. The Hall–Kier alpha value is -1.62. The zero-order valence-corrected chi connectivity index (χ0v) is 12.1. The van der Waals surface area contributed by atoms with Gasteiger partial charge in [-0.1, -0.05) is 0 Å². The summed E-state index contributed by atoms with van der Waals surface area (Å²) in [5, 5.41) is 3.53. The van der Waals surface area contributed by atoms with E-state index in [2.05, 4.69) is 15.2 Å². The minimum absolute atomic E-state index is 0.329. The third kappa shape index (κ3) is 2.38. The van der Waals surface area contributed by atoms with Crippen LogP contribution in [0.1, 0.15) is 35.3 Å². The van der Waals surface area contributed by atoms with Crippen LogP contribution >= 0.6 is 0 Å². The highest BCUT2D eigenvalue weighted by atomic mass is 16.5. The van der Waals surface area contributed by atoms with E-state index in [4.69, 9.17) is 4.74 Å². The molecule has 3 heterocycles. The number of carbonyl (C=O) groups is 1. The second-order valence-electron chi connectivity index (χ2n) is 5.61. The van der Waals surface area contributed by atoms with Gasteiger partial charge < -0.3 is 10.1 Å². The highest BCUT2D eigenvalue weighted by molar-refractivity contribution is 5.90. The van der Waals surface area contributed by atoms with Crippen molar-refractivity contribution in [1.29, 1.82) is 0 Å². The SMILES string of the molecule is COC(=O)c1ccc(NC2CCN3CCCC23)nc1C. The molecule has 0 amide bonds. The largest absolute Gasteiger partial charge is 0.465 e. The van der Waals surface area contributed by atoms with Crippen molar-refractivity contribution < 1.29 is 9.53 Å². The number of aromatic nitrogens is 1. The van der Waals surface area contributed by atoms with E-state index in [1.54, 1.807) is 6.07 Å². The first-order valence-electron chi connectivity index (χ1n) is 7.25. The Bertz CT molecular complexity index is 518. The molecule has 108 valence electrons. The van der Waals surface area contributed by atoms with Gasteiger partial charge in [-0.05, 0) is 44.9 Å². The second kappa shape index (κ2) is 5.40. The van der Waals surface area contributed by atoms with Gasteiger partial charge in [0.2, 0.25) is 0 Å². The molecule has 1 aromatic rings. The molecular weight excluding hydrogens is 254 g/mol. The van der Waals surface area contributed by atoms with Crippen LogP contribution in [0.2, 0.25) is 0 Å². The van der Waals surface area contributed by atoms with Crippen LogP contribution in [-0.4, -0.2) is 48.1 Å². The molecule has 0 aromatic carbocycles. The number of esters is 1. The number of hydrogen-bond acceptors (Lipinski definition) is 5. The van der Waals surface area contributed by atoms with Crippen LogP contribution in [0.3, 0.4) is 0 Å². The van der Waals surface area contributed by atoms with Gasteiger partial charge in [-0.2, -0.15) is 0 Å². The summed E-state index contributed by atoms with van der Waals surface area (Å²) in [5.74, 6) is 0.526. The Balaban J connectivity index is 1.72. The summed E-state index contributed by atoms with van der Waals surface area (Å²) >= 11 is 0. The van der Waals surface area contributed by atoms with Crippen molar-refractivity contribution in [3.05, 3.63) is 23.4 Å². The summed E-state index contributed by atoms with van der Waals surface area (Å²) in [4.78, 5) is 18.6. The molecule has 0 aliphatic carbocycles. The molecule has 5 nitrogen and oxygen atoms in total. The number of rotatable bonds is 3. The number of methoxy groups -OCH3 is 1. The van der Waals surface area contributed by atoms with E-state index >= 15 is 0 Å². The topological polar surface area (TPSA) is 54.5 Å². The third-order valence-electron chi connectivity index (χ3n) is 4.43. The molecule has 2 aliphatic heterocycles. The molecule has 0 radical (unpaired) electrons. The summed E-state index contributed by atoms with van der Waals surface area (Å²) in [6, 6.07) is 4.79. The highest BCUT2D eigenvalue weighted by Gasteiger charge is 2.37. The fourth-order valence-corrected chi connectivity index (χ4v) is 3.41. The maximum absolute atomic E-state index is 11.6. The Morgan fingerprint density at radius 1 is 1.40 bits per heavy atom. The number of aryl methyl sites for hydroxylation is 1. The Morgan fingerprint density at radius 3 is 3.00 bits per heavy atom. The van der Waals surface area contributed by atoms with Gasteiger partial charge in [0.15, 0.2) is 0 Å². The Kier molecular flexibility index (Phi) is 3.61. The molecule has 5 heteroatoms. The lowest BCUT2D eigenvalue weighted by Crippen LogP contribution is -2.34.